The van der Waals surface area contributed by atoms with Crippen molar-refractivity contribution in [2.45, 2.75) is 76.2 Å². The Bertz CT molecular complexity index is 848. The molecule has 1 aromatic heterocycles. The summed E-state index contributed by atoms with van der Waals surface area (Å²) in [5.74, 6) is -0.434. The first-order valence-electron chi connectivity index (χ1n) is 9.99. The second-order valence-electron chi connectivity index (χ2n) is 7.90. The molecular weight excluding hydrogens is 347 g/mol. The molecule has 1 fully saturated rings. The summed E-state index contributed by atoms with van der Waals surface area (Å²) in [6.07, 6.45) is 5.20. The van der Waals surface area contributed by atoms with Crippen LogP contribution in [0.4, 0.5) is 4.39 Å². The van der Waals surface area contributed by atoms with Gasteiger partial charge < -0.3 is 20.1 Å². The van der Waals surface area contributed by atoms with Gasteiger partial charge in [-0.25, -0.2) is 4.39 Å². The highest BCUT2D eigenvalue weighted by Crippen LogP contribution is 2.32. The van der Waals surface area contributed by atoms with Gasteiger partial charge in [0, 0.05) is 16.6 Å². The van der Waals surface area contributed by atoms with Crippen molar-refractivity contribution in [3.63, 3.8) is 0 Å². The van der Waals surface area contributed by atoms with Crippen LogP contribution in [0.3, 0.4) is 0 Å². The SMILES string of the molecule is O=C(Cn1c2c(c3cc(F)ccc31)CCCC2)N[C@@H]1CCCC[C@@H](O)[C@@H]1O. The molecule has 3 N–H and O–H groups in total. The van der Waals surface area contributed by atoms with Crippen LogP contribution in [0.25, 0.3) is 10.9 Å². The van der Waals surface area contributed by atoms with Crippen LogP contribution in [0, 0.1) is 5.82 Å². The number of aliphatic hydroxyl groups excluding tert-OH is 2. The predicted molar refractivity (Wildman–Crippen MR) is 101 cm³/mol. The average molecular weight is 374 g/mol. The van der Waals surface area contributed by atoms with Crippen molar-refractivity contribution in [2.24, 2.45) is 0 Å². The molecular formula is C21H27FN2O3. The van der Waals surface area contributed by atoms with Gasteiger partial charge in [-0.3, -0.25) is 4.79 Å². The lowest BCUT2D eigenvalue weighted by Crippen LogP contribution is -2.48. The molecule has 27 heavy (non-hydrogen) atoms. The maximum Gasteiger partial charge on any atom is 0.240 e. The van der Waals surface area contributed by atoms with E-state index in [0.717, 1.165) is 60.7 Å². The number of hydrogen-bond donors (Lipinski definition) is 3. The summed E-state index contributed by atoms with van der Waals surface area (Å²) < 4.78 is 15.8. The quantitative estimate of drug-likeness (QED) is 0.723. The summed E-state index contributed by atoms with van der Waals surface area (Å²) in [4.78, 5) is 12.7. The third-order valence-corrected chi connectivity index (χ3v) is 6.06. The lowest BCUT2D eigenvalue weighted by Gasteiger charge is -2.25. The van der Waals surface area contributed by atoms with E-state index in [4.69, 9.17) is 0 Å². The van der Waals surface area contributed by atoms with Gasteiger partial charge in [-0.1, -0.05) is 12.8 Å². The predicted octanol–water partition coefficient (Wildman–Crippen LogP) is 2.44. The summed E-state index contributed by atoms with van der Waals surface area (Å²) in [6, 6.07) is 4.33. The number of fused-ring (bicyclic) bond motifs is 3. The molecule has 3 atom stereocenters. The summed E-state index contributed by atoms with van der Waals surface area (Å²) in [5.41, 5.74) is 3.17. The highest BCUT2D eigenvalue weighted by Gasteiger charge is 2.30. The van der Waals surface area contributed by atoms with E-state index in [0.29, 0.717) is 12.8 Å². The number of rotatable bonds is 3. The Balaban J connectivity index is 1.59. The van der Waals surface area contributed by atoms with Crippen molar-refractivity contribution in [3.05, 3.63) is 35.3 Å². The highest BCUT2D eigenvalue weighted by atomic mass is 19.1. The second-order valence-corrected chi connectivity index (χ2v) is 7.90. The van der Waals surface area contributed by atoms with E-state index in [2.05, 4.69) is 5.32 Å². The number of aliphatic hydroxyl groups is 2. The van der Waals surface area contributed by atoms with Crippen molar-refractivity contribution < 1.29 is 19.4 Å². The summed E-state index contributed by atoms with van der Waals surface area (Å²) in [7, 11) is 0. The van der Waals surface area contributed by atoms with Gasteiger partial charge in [0.05, 0.1) is 18.2 Å². The van der Waals surface area contributed by atoms with Crippen LogP contribution in [-0.4, -0.2) is 38.9 Å². The fourth-order valence-corrected chi connectivity index (χ4v) is 4.67. The monoisotopic (exact) mass is 374 g/mol. The minimum Gasteiger partial charge on any atom is -0.390 e. The van der Waals surface area contributed by atoms with E-state index in [-0.39, 0.29) is 18.3 Å². The lowest BCUT2D eigenvalue weighted by atomic mass is 9.95. The van der Waals surface area contributed by atoms with E-state index in [9.17, 15) is 19.4 Å². The Labute approximate surface area is 158 Å². The number of carbonyl (C=O) groups excluding carboxylic acids is 1. The average Bonchev–Trinajstić information content (AvgIpc) is 2.87. The zero-order chi connectivity index (χ0) is 19.0. The number of amides is 1. The molecule has 0 radical (unpaired) electrons. The molecule has 1 amide bonds. The van der Waals surface area contributed by atoms with E-state index >= 15 is 0 Å². The Kier molecular flexibility index (Phi) is 5.19. The topological polar surface area (TPSA) is 74.5 Å². The van der Waals surface area contributed by atoms with Crippen LogP contribution in [0.15, 0.2) is 18.2 Å². The van der Waals surface area contributed by atoms with Gasteiger partial charge in [0.25, 0.3) is 0 Å². The number of carbonyl (C=O) groups is 1. The second kappa shape index (κ2) is 7.60. The molecule has 1 heterocycles. The number of aryl methyl sites for hydroxylation is 1. The zero-order valence-electron chi connectivity index (χ0n) is 15.5. The van der Waals surface area contributed by atoms with Gasteiger partial charge in [0.2, 0.25) is 5.91 Å². The summed E-state index contributed by atoms with van der Waals surface area (Å²) >= 11 is 0. The molecule has 6 heteroatoms. The Morgan fingerprint density at radius 2 is 1.93 bits per heavy atom. The molecule has 1 aromatic carbocycles. The van der Waals surface area contributed by atoms with Crippen LogP contribution in [0.5, 0.6) is 0 Å². The van der Waals surface area contributed by atoms with Crippen molar-refractivity contribution in [3.8, 4) is 0 Å². The molecule has 4 rings (SSSR count). The highest BCUT2D eigenvalue weighted by molar-refractivity contribution is 5.88. The number of aromatic nitrogens is 1. The molecule has 5 nitrogen and oxygen atoms in total. The first kappa shape index (κ1) is 18.4. The molecule has 146 valence electrons. The van der Waals surface area contributed by atoms with Crippen LogP contribution in [-0.2, 0) is 24.2 Å². The third kappa shape index (κ3) is 3.60. The van der Waals surface area contributed by atoms with Gasteiger partial charge in [-0.2, -0.15) is 0 Å². The zero-order valence-corrected chi connectivity index (χ0v) is 15.5. The maximum absolute atomic E-state index is 13.8. The lowest BCUT2D eigenvalue weighted by molar-refractivity contribution is -0.124. The van der Waals surface area contributed by atoms with Crippen LogP contribution >= 0.6 is 0 Å². The van der Waals surface area contributed by atoms with E-state index in [1.807, 2.05) is 4.57 Å². The molecule has 2 aliphatic rings. The van der Waals surface area contributed by atoms with Gasteiger partial charge >= 0.3 is 0 Å². The Hall–Kier alpha value is -1.92. The molecule has 2 aliphatic carbocycles. The fraction of sp³-hybridized carbons (Fsp3) is 0.571. The minimum atomic E-state index is -0.930. The van der Waals surface area contributed by atoms with Gasteiger partial charge in [0.1, 0.15) is 12.4 Å². The normalized spacial score (nSPS) is 25.8. The molecule has 0 aliphatic heterocycles. The van der Waals surface area contributed by atoms with Crippen LogP contribution < -0.4 is 5.32 Å². The van der Waals surface area contributed by atoms with Crippen molar-refractivity contribution >= 4 is 16.8 Å². The first-order chi connectivity index (χ1) is 13.0. The van der Waals surface area contributed by atoms with Crippen molar-refractivity contribution in [1.29, 1.82) is 0 Å². The standard InChI is InChI=1S/C21H27FN2O3/c22-13-9-10-18-15(11-13)14-5-1-3-7-17(14)24(18)12-20(26)23-16-6-2-4-8-19(25)21(16)27/h9-11,16,19,21,25,27H,1-8,12H2,(H,23,26)/t16-,19-,21-/m1/s1. The number of nitrogens with one attached hydrogen (secondary N) is 1. The molecule has 0 saturated heterocycles. The van der Waals surface area contributed by atoms with Crippen LogP contribution in [0.1, 0.15) is 49.8 Å². The van der Waals surface area contributed by atoms with Crippen LogP contribution in [0.2, 0.25) is 0 Å². The fourth-order valence-electron chi connectivity index (χ4n) is 4.67. The maximum atomic E-state index is 13.8. The molecule has 0 bridgehead atoms. The van der Waals surface area contributed by atoms with Crippen molar-refractivity contribution in [1.82, 2.24) is 9.88 Å². The minimum absolute atomic E-state index is 0.150. The van der Waals surface area contributed by atoms with Gasteiger partial charge in [-0.05, 0) is 62.3 Å². The first-order valence-corrected chi connectivity index (χ1v) is 9.99. The smallest absolute Gasteiger partial charge is 0.240 e. The molecule has 1 saturated carbocycles. The number of benzene rings is 1. The third-order valence-electron chi connectivity index (χ3n) is 6.06. The van der Waals surface area contributed by atoms with E-state index in [1.54, 1.807) is 12.1 Å². The van der Waals surface area contributed by atoms with Gasteiger partial charge in [-0.15, -0.1) is 0 Å². The molecule has 0 spiro atoms. The van der Waals surface area contributed by atoms with Gasteiger partial charge in [0.15, 0.2) is 0 Å². The molecule has 2 aromatic rings. The Morgan fingerprint density at radius 1 is 1.15 bits per heavy atom. The largest absolute Gasteiger partial charge is 0.390 e. The summed E-state index contributed by atoms with van der Waals surface area (Å²) in [5, 5.41) is 24.1. The number of halogens is 1. The number of nitrogens with zero attached hydrogens (tertiary/aromatic N) is 1. The van der Waals surface area contributed by atoms with E-state index in [1.165, 1.54) is 6.07 Å². The summed E-state index contributed by atoms with van der Waals surface area (Å²) in [6.45, 7) is 0.150. The Morgan fingerprint density at radius 3 is 2.78 bits per heavy atom. The molecule has 0 unspecified atom stereocenters. The van der Waals surface area contributed by atoms with E-state index < -0.39 is 18.2 Å². The number of hydrogen-bond acceptors (Lipinski definition) is 3. The van der Waals surface area contributed by atoms with Crippen molar-refractivity contribution in [2.75, 3.05) is 0 Å².